The summed E-state index contributed by atoms with van der Waals surface area (Å²) in [6.45, 7) is 4.29. The Balaban J connectivity index is 0.00000578. The van der Waals surface area contributed by atoms with Gasteiger partial charge in [0.2, 0.25) is 0 Å². The molecule has 2 aromatic carbocycles. The van der Waals surface area contributed by atoms with Gasteiger partial charge in [0.25, 0.3) is 0 Å². The van der Waals surface area contributed by atoms with E-state index in [0.717, 1.165) is 62.5 Å². The summed E-state index contributed by atoms with van der Waals surface area (Å²) in [4.78, 5) is 0. The molecule has 0 aliphatic carbocycles. The topological polar surface area (TPSA) is 96.0 Å². The Bertz CT molecular complexity index is 957. The Morgan fingerprint density at radius 1 is 0.588 bits per heavy atom. The fraction of sp³-hybridized carbons (Fsp3) is 0.500. The molecule has 0 aromatic heterocycles. The van der Waals surface area contributed by atoms with Gasteiger partial charge in [0.15, 0.2) is 0 Å². The van der Waals surface area contributed by atoms with E-state index in [4.69, 9.17) is 8.37 Å². The van der Waals surface area contributed by atoms with Crippen LogP contribution in [0, 0.1) is 0 Å². The van der Waals surface area contributed by atoms with Crippen LogP contribution in [-0.4, -0.2) is 16.8 Å². The number of hydrogen-bond donors (Lipinski definition) is 0. The molecule has 7 nitrogen and oxygen atoms in total. The SMILES string of the molecule is CCCCCCc1ccc(OS(=O)(=O)OS(=O)(=O)Oc2ccc(CCCCCC)cc2)cc1.[H-].[Na+]. The molecule has 0 heterocycles. The van der Waals surface area contributed by atoms with Crippen molar-refractivity contribution < 1.29 is 59.8 Å². The van der Waals surface area contributed by atoms with E-state index in [2.05, 4.69) is 17.5 Å². The van der Waals surface area contributed by atoms with Gasteiger partial charge in [0.1, 0.15) is 11.5 Å². The number of aryl methyl sites for hydroxylation is 2. The van der Waals surface area contributed by atoms with Crippen LogP contribution in [0.2, 0.25) is 0 Å². The normalized spacial score (nSPS) is 11.6. The molecule has 0 unspecified atom stereocenters. The van der Waals surface area contributed by atoms with Crippen molar-refractivity contribution in [3.05, 3.63) is 59.7 Å². The first-order chi connectivity index (χ1) is 15.7. The molecule has 0 aliphatic rings. The van der Waals surface area contributed by atoms with E-state index in [1.807, 2.05) is 0 Å². The molecule has 2 rings (SSSR count). The van der Waals surface area contributed by atoms with Crippen molar-refractivity contribution in [3.8, 4) is 11.5 Å². The van der Waals surface area contributed by atoms with Crippen molar-refractivity contribution in [1.29, 1.82) is 0 Å². The summed E-state index contributed by atoms with van der Waals surface area (Å²) >= 11 is 0. The van der Waals surface area contributed by atoms with Crippen LogP contribution in [0.15, 0.2) is 48.5 Å². The molecule has 0 saturated carbocycles. The Morgan fingerprint density at radius 3 is 1.26 bits per heavy atom. The summed E-state index contributed by atoms with van der Waals surface area (Å²) < 4.78 is 61.9. The maximum absolute atomic E-state index is 12.1. The fourth-order valence-corrected chi connectivity index (χ4v) is 5.03. The van der Waals surface area contributed by atoms with Gasteiger partial charge in [-0.15, -0.1) is 0 Å². The molecule has 34 heavy (non-hydrogen) atoms. The van der Waals surface area contributed by atoms with Crippen LogP contribution in [0.3, 0.4) is 0 Å². The molecule has 0 bridgehead atoms. The van der Waals surface area contributed by atoms with Crippen molar-refractivity contribution in [3.63, 3.8) is 0 Å². The third kappa shape index (κ3) is 12.6. The molecule has 0 amide bonds. The average molecular weight is 523 g/mol. The first kappa shape index (κ1) is 30.9. The van der Waals surface area contributed by atoms with Gasteiger partial charge in [-0.25, -0.2) is 0 Å². The van der Waals surface area contributed by atoms with Crippen molar-refractivity contribution >= 4 is 20.8 Å². The minimum atomic E-state index is -4.89. The van der Waals surface area contributed by atoms with Gasteiger partial charge in [-0.1, -0.05) is 80.3 Å². The summed E-state index contributed by atoms with van der Waals surface area (Å²) in [5.74, 6) is -0.0927. The Morgan fingerprint density at radius 2 is 0.941 bits per heavy atom. The van der Waals surface area contributed by atoms with Gasteiger partial charge in [-0.05, 0) is 61.1 Å². The molecular weight excluding hydrogens is 487 g/mol. The monoisotopic (exact) mass is 522 g/mol. The van der Waals surface area contributed by atoms with Gasteiger partial charge in [-0.2, -0.15) is 16.8 Å². The molecule has 10 heteroatoms. The van der Waals surface area contributed by atoms with E-state index >= 15 is 0 Å². The molecule has 186 valence electrons. The Labute approximate surface area is 228 Å². The zero-order chi connectivity index (χ0) is 24.2. The minimum Gasteiger partial charge on any atom is -1.00 e. The zero-order valence-corrected chi connectivity index (χ0v) is 24.0. The van der Waals surface area contributed by atoms with Gasteiger partial charge < -0.3 is 9.79 Å². The van der Waals surface area contributed by atoms with Crippen LogP contribution >= 0.6 is 0 Å². The van der Waals surface area contributed by atoms with Crippen LogP contribution in [0.25, 0.3) is 0 Å². The number of unbranched alkanes of at least 4 members (excludes halogenated alkanes) is 6. The molecule has 0 aliphatic heterocycles. The van der Waals surface area contributed by atoms with Crippen molar-refractivity contribution in [1.82, 2.24) is 0 Å². The summed E-state index contributed by atoms with van der Waals surface area (Å²) in [6, 6.07) is 12.8. The van der Waals surface area contributed by atoms with E-state index < -0.39 is 20.8 Å². The Hall–Kier alpha value is -1.10. The van der Waals surface area contributed by atoms with Gasteiger partial charge in [0, 0.05) is 0 Å². The first-order valence-electron chi connectivity index (χ1n) is 11.5. The smallest absolute Gasteiger partial charge is 1.00 e. The van der Waals surface area contributed by atoms with Crippen LogP contribution in [-0.2, 0) is 37.3 Å². The molecule has 0 N–H and O–H groups in total. The van der Waals surface area contributed by atoms with E-state index in [1.54, 1.807) is 24.3 Å². The molecule has 0 spiro atoms. The summed E-state index contributed by atoms with van der Waals surface area (Å²) in [5.41, 5.74) is 2.09. The summed E-state index contributed by atoms with van der Waals surface area (Å²) in [5, 5.41) is 0. The van der Waals surface area contributed by atoms with E-state index in [0.29, 0.717) is 0 Å². The van der Waals surface area contributed by atoms with Gasteiger partial charge in [-0.3, -0.25) is 0 Å². The number of benzene rings is 2. The van der Waals surface area contributed by atoms with E-state index in [-0.39, 0.29) is 42.5 Å². The molecular formula is C24H35NaO7S2. The molecule has 0 radical (unpaired) electrons. The molecule has 0 atom stereocenters. The summed E-state index contributed by atoms with van der Waals surface area (Å²) in [6.07, 6.45) is 10.8. The van der Waals surface area contributed by atoms with Gasteiger partial charge in [0.05, 0.1) is 0 Å². The predicted octanol–water partition coefficient (Wildman–Crippen LogP) is 3.01. The van der Waals surface area contributed by atoms with Crippen LogP contribution in [0.4, 0.5) is 0 Å². The van der Waals surface area contributed by atoms with Crippen molar-refractivity contribution in [2.24, 2.45) is 0 Å². The van der Waals surface area contributed by atoms with Crippen LogP contribution in [0.5, 0.6) is 11.5 Å². The molecule has 2 aromatic rings. The first-order valence-corrected chi connectivity index (χ1v) is 14.2. The van der Waals surface area contributed by atoms with Gasteiger partial charge >= 0.3 is 50.4 Å². The average Bonchev–Trinajstić information content (AvgIpc) is 2.75. The maximum atomic E-state index is 12.1. The Kier molecular flexibility index (Phi) is 14.4. The molecule has 0 fully saturated rings. The second-order valence-corrected chi connectivity index (χ2v) is 10.5. The number of hydrogen-bond acceptors (Lipinski definition) is 7. The summed E-state index contributed by atoms with van der Waals surface area (Å²) in [7, 11) is -9.78. The predicted molar refractivity (Wildman–Crippen MR) is 130 cm³/mol. The second kappa shape index (κ2) is 15.8. The third-order valence-electron chi connectivity index (χ3n) is 5.05. The van der Waals surface area contributed by atoms with E-state index in [1.165, 1.54) is 37.1 Å². The van der Waals surface area contributed by atoms with Crippen molar-refractivity contribution in [2.45, 2.75) is 78.1 Å². The third-order valence-corrected chi connectivity index (χ3v) is 7.17. The van der Waals surface area contributed by atoms with Crippen LogP contribution in [0.1, 0.15) is 77.8 Å². The maximum Gasteiger partial charge on any atom is 1.00 e. The fourth-order valence-electron chi connectivity index (χ4n) is 3.30. The minimum absolute atomic E-state index is 0. The number of rotatable bonds is 16. The van der Waals surface area contributed by atoms with E-state index in [9.17, 15) is 16.8 Å². The molecule has 0 saturated heterocycles. The van der Waals surface area contributed by atoms with Crippen LogP contribution < -0.4 is 37.9 Å². The zero-order valence-electron chi connectivity index (χ0n) is 21.4. The largest absolute Gasteiger partial charge is 1.00 e. The second-order valence-electron chi connectivity index (χ2n) is 7.96. The standard InChI is InChI=1S/C24H34O7S2.Na.H/c1-3-5-7-9-11-21-13-17-23(18-14-21)29-32(25,26)31-33(27,28)30-24-19-15-22(16-20-24)12-10-8-6-4-2;;/h13-20H,3-12H2,1-2H3;;/q;+1;-1. The van der Waals surface area contributed by atoms with Crippen molar-refractivity contribution in [2.75, 3.05) is 0 Å². The quantitative estimate of drug-likeness (QED) is 0.247.